The standard InChI is InChI=1S/C21H23F2NO4/c1-14-5-4-6-15(2)20(14)27-12-11-24-19(25)10-8-16-7-9-17(28-21(22)23)18(13-16)26-3/h4-10,13,21H,11-12H2,1-3H3,(H,24,25)/b10-8+. The van der Waals surface area contributed by atoms with Crippen LogP contribution in [0.25, 0.3) is 6.08 Å². The van der Waals surface area contributed by atoms with Gasteiger partial charge >= 0.3 is 6.61 Å². The number of halogens is 2. The highest BCUT2D eigenvalue weighted by Crippen LogP contribution is 2.29. The Labute approximate surface area is 162 Å². The Bertz CT molecular complexity index is 817. The third kappa shape index (κ3) is 6.26. The average Bonchev–Trinajstić information content (AvgIpc) is 2.65. The Morgan fingerprint density at radius 3 is 2.50 bits per heavy atom. The van der Waals surface area contributed by atoms with Crippen LogP contribution in [0.5, 0.6) is 17.2 Å². The molecule has 0 aliphatic carbocycles. The monoisotopic (exact) mass is 391 g/mol. The van der Waals surface area contributed by atoms with Gasteiger partial charge in [-0.25, -0.2) is 0 Å². The molecule has 0 fully saturated rings. The van der Waals surface area contributed by atoms with Gasteiger partial charge < -0.3 is 19.5 Å². The van der Waals surface area contributed by atoms with E-state index in [9.17, 15) is 13.6 Å². The van der Waals surface area contributed by atoms with Crippen molar-refractivity contribution in [3.05, 3.63) is 59.2 Å². The lowest BCUT2D eigenvalue weighted by molar-refractivity contribution is -0.116. The molecule has 0 atom stereocenters. The fraction of sp³-hybridized carbons (Fsp3) is 0.286. The number of rotatable bonds is 9. The van der Waals surface area contributed by atoms with Crippen LogP contribution in [0.3, 0.4) is 0 Å². The molecule has 28 heavy (non-hydrogen) atoms. The first-order valence-corrected chi connectivity index (χ1v) is 8.68. The summed E-state index contributed by atoms with van der Waals surface area (Å²) in [5.41, 5.74) is 2.69. The number of amides is 1. The molecule has 1 amide bonds. The summed E-state index contributed by atoms with van der Waals surface area (Å²) in [6.07, 6.45) is 2.90. The average molecular weight is 391 g/mol. The molecule has 0 heterocycles. The summed E-state index contributed by atoms with van der Waals surface area (Å²) in [6.45, 7) is 1.69. The molecule has 5 nitrogen and oxygen atoms in total. The molecule has 0 spiro atoms. The number of hydrogen-bond acceptors (Lipinski definition) is 4. The summed E-state index contributed by atoms with van der Waals surface area (Å²) in [4.78, 5) is 11.9. The molecule has 150 valence electrons. The Balaban J connectivity index is 1.85. The van der Waals surface area contributed by atoms with E-state index in [1.807, 2.05) is 32.0 Å². The fourth-order valence-corrected chi connectivity index (χ4v) is 2.57. The maximum absolute atomic E-state index is 12.3. The normalized spacial score (nSPS) is 10.9. The summed E-state index contributed by atoms with van der Waals surface area (Å²) in [5.74, 6) is 0.620. The SMILES string of the molecule is COc1cc(/C=C/C(=O)NCCOc2c(C)cccc2C)ccc1OC(F)F. The van der Waals surface area contributed by atoms with Gasteiger partial charge in [-0.3, -0.25) is 4.79 Å². The lowest BCUT2D eigenvalue weighted by Gasteiger charge is -2.12. The van der Waals surface area contributed by atoms with Crippen molar-refractivity contribution in [2.45, 2.75) is 20.5 Å². The van der Waals surface area contributed by atoms with Gasteiger partial charge in [-0.2, -0.15) is 8.78 Å². The minimum Gasteiger partial charge on any atom is -0.493 e. The third-order valence-corrected chi connectivity index (χ3v) is 3.89. The summed E-state index contributed by atoms with van der Waals surface area (Å²) in [7, 11) is 1.35. The highest BCUT2D eigenvalue weighted by molar-refractivity contribution is 5.91. The second kappa shape index (κ2) is 10.3. The summed E-state index contributed by atoms with van der Waals surface area (Å²) in [6, 6.07) is 10.3. The zero-order valence-electron chi connectivity index (χ0n) is 16.0. The molecule has 0 aromatic heterocycles. The maximum Gasteiger partial charge on any atom is 0.387 e. The van der Waals surface area contributed by atoms with E-state index >= 15 is 0 Å². The van der Waals surface area contributed by atoms with Crippen molar-refractivity contribution in [3.8, 4) is 17.2 Å². The van der Waals surface area contributed by atoms with Crippen molar-refractivity contribution in [2.24, 2.45) is 0 Å². The van der Waals surface area contributed by atoms with Gasteiger partial charge in [-0.15, -0.1) is 0 Å². The van der Waals surface area contributed by atoms with Crippen molar-refractivity contribution >= 4 is 12.0 Å². The van der Waals surface area contributed by atoms with Crippen LogP contribution in [0.15, 0.2) is 42.5 Å². The number of aryl methyl sites for hydroxylation is 2. The molecule has 2 aromatic carbocycles. The van der Waals surface area contributed by atoms with Gasteiger partial charge in [0.1, 0.15) is 12.4 Å². The van der Waals surface area contributed by atoms with Crippen molar-refractivity contribution in [3.63, 3.8) is 0 Å². The Kier molecular flexibility index (Phi) is 7.80. The highest BCUT2D eigenvalue weighted by atomic mass is 19.3. The van der Waals surface area contributed by atoms with Gasteiger partial charge in [0.25, 0.3) is 0 Å². The zero-order valence-corrected chi connectivity index (χ0v) is 16.0. The quantitative estimate of drug-likeness (QED) is 0.516. The minimum absolute atomic E-state index is 0.0669. The van der Waals surface area contributed by atoms with Gasteiger partial charge in [0, 0.05) is 6.08 Å². The van der Waals surface area contributed by atoms with Crippen LogP contribution in [0.2, 0.25) is 0 Å². The molecule has 0 saturated heterocycles. The molecular weight excluding hydrogens is 368 g/mol. The number of hydrogen-bond donors (Lipinski definition) is 1. The summed E-state index contributed by atoms with van der Waals surface area (Å²) >= 11 is 0. The number of para-hydroxylation sites is 1. The number of nitrogens with one attached hydrogen (secondary N) is 1. The van der Waals surface area contributed by atoms with Crippen LogP contribution in [-0.2, 0) is 4.79 Å². The van der Waals surface area contributed by atoms with E-state index in [0.29, 0.717) is 18.7 Å². The largest absolute Gasteiger partial charge is 0.493 e. The van der Waals surface area contributed by atoms with Gasteiger partial charge in [0.2, 0.25) is 5.91 Å². The van der Waals surface area contributed by atoms with Crippen molar-refractivity contribution < 1.29 is 27.8 Å². The van der Waals surface area contributed by atoms with Crippen molar-refractivity contribution in [2.75, 3.05) is 20.3 Å². The Morgan fingerprint density at radius 2 is 1.86 bits per heavy atom. The third-order valence-electron chi connectivity index (χ3n) is 3.89. The first kappa shape index (κ1) is 21.2. The van der Waals surface area contributed by atoms with Gasteiger partial charge in [0.15, 0.2) is 11.5 Å². The molecule has 0 saturated carbocycles. The molecule has 0 aliphatic rings. The van der Waals surface area contributed by atoms with Crippen LogP contribution in [0.1, 0.15) is 16.7 Å². The van der Waals surface area contributed by atoms with Crippen LogP contribution in [0.4, 0.5) is 8.78 Å². The number of carbonyl (C=O) groups excluding carboxylic acids is 1. The number of carbonyl (C=O) groups is 1. The fourth-order valence-electron chi connectivity index (χ4n) is 2.57. The van der Waals surface area contributed by atoms with Crippen molar-refractivity contribution in [1.82, 2.24) is 5.32 Å². The zero-order chi connectivity index (χ0) is 20.5. The second-order valence-corrected chi connectivity index (χ2v) is 5.98. The lowest BCUT2D eigenvalue weighted by Crippen LogP contribution is -2.26. The molecular formula is C21H23F2NO4. The highest BCUT2D eigenvalue weighted by Gasteiger charge is 2.10. The van der Waals surface area contributed by atoms with Crippen LogP contribution in [0, 0.1) is 13.8 Å². The van der Waals surface area contributed by atoms with Crippen LogP contribution < -0.4 is 19.5 Å². The lowest BCUT2D eigenvalue weighted by atomic mass is 10.1. The van der Waals surface area contributed by atoms with Gasteiger partial charge in [-0.05, 0) is 48.7 Å². The predicted molar refractivity (Wildman–Crippen MR) is 103 cm³/mol. The van der Waals surface area contributed by atoms with E-state index in [2.05, 4.69) is 10.1 Å². The van der Waals surface area contributed by atoms with Crippen molar-refractivity contribution in [1.29, 1.82) is 0 Å². The number of methoxy groups -OCH3 is 1. The predicted octanol–water partition coefficient (Wildman–Crippen LogP) is 4.12. The van der Waals surface area contributed by atoms with E-state index in [1.165, 1.54) is 25.3 Å². The molecule has 0 unspecified atom stereocenters. The minimum atomic E-state index is -2.94. The van der Waals surface area contributed by atoms with E-state index in [-0.39, 0.29) is 17.4 Å². The smallest absolute Gasteiger partial charge is 0.387 e. The second-order valence-electron chi connectivity index (χ2n) is 5.98. The van der Waals surface area contributed by atoms with E-state index in [1.54, 1.807) is 12.1 Å². The van der Waals surface area contributed by atoms with E-state index < -0.39 is 6.61 Å². The van der Waals surface area contributed by atoms with E-state index in [4.69, 9.17) is 9.47 Å². The molecule has 2 aromatic rings. The molecule has 1 N–H and O–H groups in total. The Hall–Kier alpha value is -3.09. The van der Waals surface area contributed by atoms with Gasteiger partial charge in [0.05, 0.1) is 13.7 Å². The van der Waals surface area contributed by atoms with Crippen LogP contribution in [-0.4, -0.2) is 32.8 Å². The summed E-state index contributed by atoms with van der Waals surface area (Å²) < 4.78 is 39.8. The summed E-state index contributed by atoms with van der Waals surface area (Å²) in [5, 5.41) is 2.72. The number of ether oxygens (including phenoxy) is 3. The first-order chi connectivity index (χ1) is 13.4. The topological polar surface area (TPSA) is 56.8 Å². The number of alkyl halides is 2. The Morgan fingerprint density at radius 1 is 1.14 bits per heavy atom. The number of benzene rings is 2. The molecule has 2 rings (SSSR count). The first-order valence-electron chi connectivity index (χ1n) is 8.68. The van der Waals surface area contributed by atoms with Crippen LogP contribution >= 0.6 is 0 Å². The molecule has 0 aliphatic heterocycles. The molecule has 0 bridgehead atoms. The molecule has 0 radical (unpaired) electrons. The maximum atomic E-state index is 12.3. The van der Waals surface area contributed by atoms with E-state index in [0.717, 1.165) is 16.9 Å². The molecule has 7 heteroatoms. The van der Waals surface area contributed by atoms with Gasteiger partial charge in [-0.1, -0.05) is 24.3 Å².